The Bertz CT molecular complexity index is 447. The monoisotopic (exact) mass is 299 g/mol. The summed E-state index contributed by atoms with van der Waals surface area (Å²) in [5.41, 5.74) is 2.13. The van der Waals surface area contributed by atoms with Gasteiger partial charge in [0.15, 0.2) is 0 Å². The summed E-state index contributed by atoms with van der Waals surface area (Å²) in [5, 5.41) is 8.83. The molecule has 0 aromatic carbocycles. The summed E-state index contributed by atoms with van der Waals surface area (Å²) in [6.45, 7) is 8.18. The molecule has 5 heteroatoms. The molecule has 2 rings (SSSR count). The van der Waals surface area contributed by atoms with Gasteiger partial charge in [-0.1, -0.05) is 25.4 Å². The van der Waals surface area contributed by atoms with E-state index in [1.807, 2.05) is 11.7 Å². The second kappa shape index (κ2) is 6.92. The van der Waals surface area contributed by atoms with Gasteiger partial charge in [0.05, 0.1) is 22.5 Å². The van der Waals surface area contributed by atoms with E-state index in [1.165, 1.54) is 0 Å². The van der Waals surface area contributed by atoms with Crippen molar-refractivity contribution in [2.75, 3.05) is 13.7 Å². The van der Waals surface area contributed by atoms with Gasteiger partial charge in [0, 0.05) is 25.6 Å². The van der Waals surface area contributed by atoms with Crippen LogP contribution in [0.5, 0.6) is 0 Å². The third-order valence-corrected chi connectivity index (χ3v) is 4.76. The molecule has 20 heavy (non-hydrogen) atoms. The third kappa shape index (κ3) is 3.02. The average molecular weight is 300 g/mol. The summed E-state index contributed by atoms with van der Waals surface area (Å²) in [6, 6.07) is 0.289. The van der Waals surface area contributed by atoms with Crippen molar-refractivity contribution in [2.45, 2.75) is 58.7 Å². The van der Waals surface area contributed by atoms with E-state index >= 15 is 0 Å². The maximum Gasteiger partial charge on any atom is 0.0850 e. The predicted molar refractivity (Wildman–Crippen MR) is 82.4 cm³/mol. The number of hydrogen-bond acceptors (Lipinski definition) is 3. The van der Waals surface area contributed by atoms with E-state index in [4.69, 9.17) is 16.3 Å². The van der Waals surface area contributed by atoms with Crippen LogP contribution < -0.4 is 5.32 Å². The molecule has 1 aromatic rings. The van der Waals surface area contributed by atoms with E-state index in [-0.39, 0.29) is 12.1 Å². The highest BCUT2D eigenvalue weighted by molar-refractivity contribution is 6.31. The van der Waals surface area contributed by atoms with E-state index in [2.05, 4.69) is 31.2 Å². The number of nitrogens with one attached hydrogen (secondary N) is 1. The fourth-order valence-electron chi connectivity index (χ4n) is 3.03. The van der Waals surface area contributed by atoms with Gasteiger partial charge in [-0.05, 0) is 32.7 Å². The Hall–Kier alpha value is -0.580. The Labute approximate surface area is 126 Å². The molecule has 114 valence electrons. The number of aryl methyl sites for hydroxylation is 2. The molecular weight excluding hydrogens is 274 g/mol. The Morgan fingerprint density at radius 3 is 2.75 bits per heavy atom. The van der Waals surface area contributed by atoms with Gasteiger partial charge >= 0.3 is 0 Å². The van der Waals surface area contributed by atoms with Crippen molar-refractivity contribution in [1.29, 1.82) is 0 Å². The van der Waals surface area contributed by atoms with Crippen molar-refractivity contribution in [3.05, 3.63) is 16.4 Å². The first kappa shape index (κ1) is 15.8. The lowest BCUT2D eigenvalue weighted by Gasteiger charge is -2.26. The minimum absolute atomic E-state index is 0.265. The summed E-state index contributed by atoms with van der Waals surface area (Å²) in [4.78, 5) is 0. The normalized spacial score (nSPS) is 24.2. The number of nitrogens with zero attached hydrogens (tertiary/aromatic N) is 2. The third-order valence-electron chi connectivity index (χ3n) is 4.32. The van der Waals surface area contributed by atoms with E-state index in [0.717, 1.165) is 48.8 Å². The van der Waals surface area contributed by atoms with Crippen LogP contribution in [-0.2, 0) is 24.1 Å². The molecule has 1 aliphatic rings. The minimum Gasteiger partial charge on any atom is -0.376 e. The Morgan fingerprint density at radius 1 is 1.50 bits per heavy atom. The molecular formula is C15H26ClN3O. The maximum absolute atomic E-state index is 6.50. The molecule has 1 aliphatic heterocycles. The molecule has 1 N–H and O–H groups in total. The van der Waals surface area contributed by atoms with Crippen molar-refractivity contribution in [3.63, 3.8) is 0 Å². The van der Waals surface area contributed by atoms with Crippen LogP contribution in [0.2, 0.25) is 5.02 Å². The zero-order valence-electron chi connectivity index (χ0n) is 12.9. The van der Waals surface area contributed by atoms with Crippen LogP contribution in [0.4, 0.5) is 0 Å². The summed E-state index contributed by atoms with van der Waals surface area (Å²) < 4.78 is 7.93. The second-order valence-electron chi connectivity index (χ2n) is 5.58. The number of halogens is 1. The molecule has 0 spiro atoms. The fourth-order valence-corrected chi connectivity index (χ4v) is 3.38. The highest BCUT2D eigenvalue weighted by atomic mass is 35.5. The smallest absolute Gasteiger partial charge is 0.0850 e. The summed E-state index contributed by atoms with van der Waals surface area (Å²) in [7, 11) is 2.00. The second-order valence-corrected chi connectivity index (χ2v) is 5.96. The van der Waals surface area contributed by atoms with Crippen molar-refractivity contribution < 1.29 is 4.74 Å². The molecule has 2 heterocycles. The largest absolute Gasteiger partial charge is 0.376 e. The van der Waals surface area contributed by atoms with Crippen molar-refractivity contribution in [1.82, 2.24) is 15.1 Å². The van der Waals surface area contributed by atoms with Crippen molar-refractivity contribution in [3.8, 4) is 0 Å². The molecule has 0 saturated carbocycles. The SMILES string of the molecule is CCc1nn(CC)c(CC(NC)C2OCCC2C)c1Cl. The highest BCUT2D eigenvalue weighted by Crippen LogP contribution is 2.28. The summed E-state index contributed by atoms with van der Waals surface area (Å²) in [5.74, 6) is 0.592. The van der Waals surface area contributed by atoms with Crippen LogP contribution in [0.25, 0.3) is 0 Å². The van der Waals surface area contributed by atoms with Crippen molar-refractivity contribution >= 4 is 11.6 Å². The summed E-state index contributed by atoms with van der Waals surface area (Å²) >= 11 is 6.50. The average Bonchev–Trinajstić information content (AvgIpc) is 3.00. The lowest BCUT2D eigenvalue weighted by atomic mass is 9.94. The topological polar surface area (TPSA) is 39.1 Å². The standard InChI is InChI=1S/C15H26ClN3O/c1-5-11-14(16)13(19(6-2)18-11)9-12(17-4)15-10(3)7-8-20-15/h10,12,15,17H,5-9H2,1-4H3. The van der Waals surface area contributed by atoms with Crippen LogP contribution in [-0.4, -0.2) is 35.6 Å². The molecule has 0 radical (unpaired) electrons. The molecule has 0 bridgehead atoms. The Morgan fingerprint density at radius 2 is 2.25 bits per heavy atom. The number of rotatable bonds is 6. The lowest BCUT2D eigenvalue weighted by molar-refractivity contribution is 0.0628. The fraction of sp³-hybridized carbons (Fsp3) is 0.800. The van der Waals surface area contributed by atoms with Crippen LogP contribution in [0.3, 0.4) is 0 Å². The van der Waals surface area contributed by atoms with E-state index in [1.54, 1.807) is 0 Å². The first-order valence-electron chi connectivity index (χ1n) is 7.65. The van der Waals surface area contributed by atoms with Gasteiger partial charge in [-0.3, -0.25) is 4.68 Å². The van der Waals surface area contributed by atoms with Gasteiger partial charge in [0.2, 0.25) is 0 Å². The zero-order valence-corrected chi connectivity index (χ0v) is 13.7. The lowest BCUT2D eigenvalue weighted by Crippen LogP contribution is -2.42. The molecule has 0 amide bonds. The molecule has 1 aromatic heterocycles. The van der Waals surface area contributed by atoms with E-state index in [9.17, 15) is 0 Å². The number of aromatic nitrogens is 2. The van der Waals surface area contributed by atoms with Crippen molar-refractivity contribution in [2.24, 2.45) is 5.92 Å². The van der Waals surface area contributed by atoms with Gasteiger partial charge in [-0.15, -0.1) is 0 Å². The van der Waals surface area contributed by atoms with E-state index < -0.39 is 0 Å². The zero-order chi connectivity index (χ0) is 14.7. The Kier molecular flexibility index (Phi) is 5.47. The van der Waals surface area contributed by atoms with Crippen LogP contribution in [0.15, 0.2) is 0 Å². The predicted octanol–water partition coefficient (Wildman–Crippen LogP) is 2.67. The van der Waals surface area contributed by atoms with Gasteiger partial charge < -0.3 is 10.1 Å². The van der Waals surface area contributed by atoms with Gasteiger partial charge in [0.1, 0.15) is 0 Å². The molecule has 0 aliphatic carbocycles. The quantitative estimate of drug-likeness (QED) is 0.878. The number of likely N-dealkylation sites (N-methyl/N-ethyl adjacent to an activating group) is 1. The first-order valence-corrected chi connectivity index (χ1v) is 8.03. The summed E-state index contributed by atoms with van der Waals surface area (Å²) in [6.07, 6.45) is 3.15. The molecule has 1 saturated heterocycles. The highest BCUT2D eigenvalue weighted by Gasteiger charge is 2.32. The van der Waals surface area contributed by atoms with Crippen LogP contribution in [0.1, 0.15) is 38.6 Å². The molecule has 3 unspecified atom stereocenters. The van der Waals surface area contributed by atoms with Gasteiger partial charge in [-0.2, -0.15) is 5.10 Å². The van der Waals surface area contributed by atoms with Gasteiger partial charge in [-0.25, -0.2) is 0 Å². The van der Waals surface area contributed by atoms with E-state index in [0.29, 0.717) is 5.92 Å². The first-order chi connectivity index (χ1) is 9.62. The maximum atomic E-state index is 6.50. The minimum atomic E-state index is 0.265. The van der Waals surface area contributed by atoms with Crippen LogP contribution >= 0.6 is 11.6 Å². The number of ether oxygens (including phenoxy) is 1. The molecule has 1 fully saturated rings. The Balaban J connectivity index is 2.20. The molecule has 3 atom stereocenters. The van der Waals surface area contributed by atoms with Gasteiger partial charge in [0.25, 0.3) is 0 Å². The van der Waals surface area contributed by atoms with Crippen LogP contribution in [0, 0.1) is 5.92 Å². The number of hydrogen-bond donors (Lipinski definition) is 1. The molecule has 4 nitrogen and oxygen atoms in total.